The Balaban J connectivity index is 2.39. The van der Waals surface area contributed by atoms with Gasteiger partial charge in [-0.3, -0.25) is 0 Å². The van der Waals surface area contributed by atoms with Gasteiger partial charge >= 0.3 is 0 Å². The molecule has 0 N–H and O–H groups in total. The van der Waals surface area contributed by atoms with E-state index in [9.17, 15) is 0 Å². The predicted molar refractivity (Wildman–Crippen MR) is 59.9 cm³/mol. The molecule has 0 heterocycles. The van der Waals surface area contributed by atoms with Gasteiger partial charge in [-0.1, -0.05) is 52.9 Å². The van der Waals surface area contributed by atoms with Crippen LogP contribution in [0.1, 0.15) is 72.1 Å². The second-order valence-electron chi connectivity index (χ2n) is 5.26. The fourth-order valence-corrected chi connectivity index (χ4v) is 2.88. The lowest BCUT2D eigenvalue weighted by Gasteiger charge is -2.36. The summed E-state index contributed by atoms with van der Waals surface area (Å²) in [4.78, 5) is 0. The van der Waals surface area contributed by atoms with Crippen LogP contribution in [0.15, 0.2) is 0 Å². The van der Waals surface area contributed by atoms with E-state index in [1.807, 2.05) is 0 Å². The molecule has 0 nitrogen and oxygen atoms in total. The van der Waals surface area contributed by atoms with Crippen molar-refractivity contribution >= 4 is 0 Å². The van der Waals surface area contributed by atoms with E-state index in [0.717, 1.165) is 5.92 Å². The lowest BCUT2D eigenvalue weighted by Crippen LogP contribution is -2.23. The predicted octanol–water partition coefficient (Wildman–Crippen LogP) is 4.78. The summed E-state index contributed by atoms with van der Waals surface area (Å²) in [5.74, 6) is 0.989. The third-order valence-electron chi connectivity index (χ3n) is 4.00. The highest BCUT2D eigenvalue weighted by molar-refractivity contribution is 4.80. The molecule has 1 saturated carbocycles. The maximum absolute atomic E-state index is 2.52. The lowest BCUT2D eigenvalue weighted by atomic mass is 9.70. The highest BCUT2D eigenvalue weighted by Gasteiger charge is 2.28. The molecule has 0 aliphatic heterocycles. The number of rotatable bonds is 4. The Kier molecular flexibility index (Phi) is 4.28. The zero-order valence-electron chi connectivity index (χ0n) is 9.73. The van der Waals surface area contributed by atoms with Crippen LogP contribution in [0.25, 0.3) is 0 Å². The Morgan fingerprint density at radius 3 is 2.00 bits per heavy atom. The second kappa shape index (κ2) is 5.02. The van der Waals surface area contributed by atoms with Crippen molar-refractivity contribution in [2.75, 3.05) is 0 Å². The van der Waals surface area contributed by atoms with Gasteiger partial charge in [0.1, 0.15) is 0 Å². The standard InChI is InChI=1S/C13H26/c1-4-12(5-2)11-13(3)9-7-6-8-10-13/h12H,4-11H2,1-3H3. The first-order valence-corrected chi connectivity index (χ1v) is 6.20. The van der Waals surface area contributed by atoms with E-state index in [1.54, 1.807) is 0 Å². The normalized spacial score (nSPS) is 22.2. The summed E-state index contributed by atoms with van der Waals surface area (Å²) in [5, 5.41) is 0. The average Bonchev–Trinajstić information content (AvgIpc) is 2.15. The zero-order chi connectivity index (χ0) is 9.73. The van der Waals surface area contributed by atoms with Crippen LogP contribution in [0, 0.1) is 11.3 Å². The lowest BCUT2D eigenvalue weighted by molar-refractivity contribution is 0.160. The van der Waals surface area contributed by atoms with Crippen molar-refractivity contribution in [2.24, 2.45) is 11.3 Å². The quantitative estimate of drug-likeness (QED) is 0.587. The van der Waals surface area contributed by atoms with Crippen LogP contribution < -0.4 is 0 Å². The molecule has 0 saturated heterocycles. The Bertz CT molecular complexity index is 127. The SMILES string of the molecule is CCC(CC)CC1(C)CCCCC1. The Morgan fingerprint density at radius 2 is 1.54 bits per heavy atom. The van der Waals surface area contributed by atoms with Gasteiger partial charge in [-0.15, -0.1) is 0 Å². The van der Waals surface area contributed by atoms with Gasteiger partial charge < -0.3 is 0 Å². The van der Waals surface area contributed by atoms with E-state index in [1.165, 1.54) is 51.4 Å². The molecule has 1 rings (SSSR count). The van der Waals surface area contributed by atoms with Gasteiger partial charge in [0.25, 0.3) is 0 Å². The molecule has 1 aliphatic carbocycles. The largest absolute Gasteiger partial charge is 0.0651 e. The highest BCUT2D eigenvalue weighted by Crippen LogP contribution is 2.41. The Hall–Kier alpha value is 0. The fraction of sp³-hybridized carbons (Fsp3) is 1.00. The fourth-order valence-electron chi connectivity index (χ4n) is 2.88. The van der Waals surface area contributed by atoms with Gasteiger partial charge in [0, 0.05) is 0 Å². The summed E-state index contributed by atoms with van der Waals surface area (Å²) < 4.78 is 0. The second-order valence-corrected chi connectivity index (χ2v) is 5.26. The van der Waals surface area contributed by atoms with Crippen molar-refractivity contribution in [2.45, 2.75) is 72.1 Å². The molecule has 1 aliphatic rings. The molecule has 0 aromatic carbocycles. The first kappa shape index (κ1) is 11.1. The summed E-state index contributed by atoms with van der Waals surface area (Å²) in [6.07, 6.45) is 11.7. The van der Waals surface area contributed by atoms with Crippen LogP contribution in [0.5, 0.6) is 0 Å². The van der Waals surface area contributed by atoms with Crippen molar-refractivity contribution in [3.8, 4) is 0 Å². The molecule has 1 fully saturated rings. The summed E-state index contributed by atoms with van der Waals surface area (Å²) in [7, 11) is 0. The van der Waals surface area contributed by atoms with Crippen molar-refractivity contribution < 1.29 is 0 Å². The van der Waals surface area contributed by atoms with Crippen molar-refractivity contribution in [1.82, 2.24) is 0 Å². The molecule has 0 atom stereocenters. The smallest absolute Gasteiger partial charge is 0.0323 e. The third-order valence-corrected chi connectivity index (χ3v) is 4.00. The summed E-state index contributed by atoms with van der Waals surface area (Å²) >= 11 is 0. The monoisotopic (exact) mass is 182 g/mol. The first-order valence-electron chi connectivity index (χ1n) is 6.20. The molecule has 0 spiro atoms. The van der Waals surface area contributed by atoms with Gasteiger partial charge in [-0.2, -0.15) is 0 Å². The minimum Gasteiger partial charge on any atom is -0.0651 e. The van der Waals surface area contributed by atoms with Crippen LogP contribution in [0.3, 0.4) is 0 Å². The molecule has 0 aromatic heterocycles. The third kappa shape index (κ3) is 3.32. The van der Waals surface area contributed by atoms with Crippen LogP contribution >= 0.6 is 0 Å². The van der Waals surface area contributed by atoms with E-state index < -0.39 is 0 Å². The summed E-state index contributed by atoms with van der Waals surface area (Å²) in [6.45, 7) is 7.21. The maximum Gasteiger partial charge on any atom is -0.0323 e. The molecule has 0 heteroatoms. The van der Waals surface area contributed by atoms with E-state index in [4.69, 9.17) is 0 Å². The van der Waals surface area contributed by atoms with Gasteiger partial charge in [-0.05, 0) is 30.6 Å². The van der Waals surface area contributed by atoms with Crippen molar-refractivity contribution in [1.29, 1.82) is 0 Å². The summed E-state index contributed by atoms with van der Waals surface area (Å²) in [6, 6.07) is 0. The minimum atomic E-state index is 0.703. The van der Waals surface area contributed by atoms with Gasteiger partial charge in [0.2, 0.25) is 0 Å². The van der Waals surface area contributed by atoms with Crippen LogP contribution in [-0.2, 0) is 0 Å². The molecule has 0 bridgehead atoms. The van der Waals surface area contributed by atoms with E-state index in [-0.39, 0.29) is 0 Å². The number of hydrogen-bond acceptors (Lipinski definition) is 0. The molecule has 0 unspecified atom stereocenters. The zero-order valence-corrected chi connectivity index (χ0v) is 9.73. The highest BCUT2D eigenvalue weighted by atomic mass is 14.3. The van der Waals surface area contributed by atoms with E-state index >= 15 is 0 Å². The van der Waals surface area contributed by atoms with Crippen LogP contribution in [0.4, 0.5) is 0 Å². The van der Waals surface area contributed by atoms with Gasteiger partial charge in [0.15, 0.2) is 0 Å². The van der Waals surface area contributed by atoms with E-state index in [2.05, 4.69) is 20.8 Å². The molecule has 0 aromatic rings. The molecule has 78 valence electrons. The minimum absolute atomic E-state index is 0.703. The topological polar surface area (TPSA) is 0 Å². The average molecular weight is 182 g/mol. The first-order chi connectivity index (χ1) is 6.20. The van der Waals surface area contributed by atoms with Crippen molar-refractivity contribution in [3.63, 3.8) is 0 Å². The van der Waals surface area contributed by atoms with Crippen LogP contribution in [-0.4, -0.2) is 0 Å². The Labute approximate surface area is 84.1 Å². The summed E-state index contributed by atoms with van der Waals surface area (Å²) in [5.41, 5.74) is 0.703. The molecule has 0 radical (unpaired) electrons. The molecule has 0 amide bonds. The Morgan fingerprint density at radius 1 is 1.00 bits per heavy atom. The van der Waals surface area contributed by atoms with Gasteiger partial charge in [-0.25, -0.2) is 0 Å². The molecular formula is C13H26. The molecular weight excluding hydrogens is 156 g/mol. The van der Waals surface area contributed by atoms with Crippen molar-refractivity contribution in [3.05, 3.63) is 0 Å². The maximum atomic E-state index is 2.52. The number of hydrogen-bond donors (Lipinski definition) is 0. The van der Waals surface area contributed by atoms with E-state index in [0.29, 0.717) is 5.41 Å². The van der Waals surface area contributed by atoms with Gasteiger partial charge in [0.05, 0.1) is 0 Å². The van der Waals surface area contributed by atoms with Crippen LogP contribution in [0.2, 0.25) is 0 Å². The molecule has 13 heavy (non-hydrogen) atoms.